The number of hydrogen-bond donors (Lipinski definition) is 1. The van der Waals surface area contributed by atoms with Crippen LogP contribution in [-0.4, -0.2) is 18.5 Å². The molecule has 0 radical (unpaired) electrons. The number of halogens is 1. The zero-order chi connectivity index (χ0) is 10.7. The van der Waals surface area contributed by atoms with Crippen LogP contribution in [0.4, 0.5) is 0 Å². The highest BCUT2D eigenvalue weighted by molar-refractivity contribution is 7.81. The molecule has 1 aliphatic rings. The minimum Gasteiger partial charge on any atom is -0.381 e. The lowest BCUT2D eigenvalue weighted by molar-refractivity contribution is 0.0596. The van der Waals surface area contributed by atoms with Gasteiger partial charge in [-0.1, -0.05) is 23.7 Å². The van der Waals surface area contributed by atoms with Crippen LogP contribution in [0, 0.1) is 5.92 Å². The van der Waals surface area contributed by atoms with Crippen LogP contribution in [0.3, 0.4) is 0 Å². The van der Waals surface area contributed by atoms with Crippen molar-refractivity contribution in [2.45, 2.75) is 18.1 Å². The second kappa shape index (κ2) is 5.24. The third kappa shape index (κ3) is 3.13. The summed E-state index contributed by atoms with van der Waals surface area (Å²) in [4.78, 5) is 0. The van der Waals surface area contributed by atoms with Crippen molar-refractivity contribution >= 4 is 24.2 Å². The van der Waals surface area contributed by atoms with Crippen LogP contribution in [-0.2, 0) is 11.2 Å². The molecule has 3 heteroatoms. The van der Waals surface area contributed by atoms with Crippen LogP contribution in [0.25, 0.3) is 0 Å². The van der Waals surface area contributed by atoms with Crippen LogP contribution >= 0.6 is 24.2 Å². The molecule has 0 N–H and O–H groups in total. The van der Waals surface area contributed by atoms with Gasteiger partial charge in [0.15, 0.2) is 0 Å². The van der Waals surface area contributed by atoms with Crippen molar-refractivity contribution in [3.63, 3.8) is 0 Å². The molecule has 15 heavy (non-hydrogen) atoms. The molecule has 1 saturated heterocycles. The van der Waals surface area contributed by atoms with Crippen molar-refractivity contribution in [1.82, 2.24) is 0 Å². The smallest absolute Gasteiger partial charge is 0.0507 e. The van der Waals surface area contributed by atoms with Crippen molar-refractivity contribution in [3.8, 4) is 0 Å². The highest BCUT2D eigenvalue weighted by atomic mass is 35.5. The Balaban J connectivity index is 2.01. The number of thiol groups is 1. The number of hydrogen-bond acceptors (Lipinski definition) is 2. The van der Waals surface area contributed by atoms with Gasteiger partial charge < -0.3 is 4.74 Å². The second-order valence-electron chi connectivity index (χ2n) is 4.03. The van der Waals surface area contributed by atoms with E-state index in [9.17, 15) is 0 Å². The molecule has 82 valence electrons. The molecular weight excluding hydrogens is 228 g/mol. The third-order valence-corrected chi connectivity index (χ3v) is 3.74. The fraction of sp³-hybridized carbons (Fsp3) is 0.500. The predicted molar refractivity (Wildman–Crippen MR) is 66.9 cm³/mol. The summed E-state index contributed by atoms with van der Waals surface area (Å²) in [5.41, 5.74) is 1.28. The third-order valence-electron chi connectivity index (χ3n) is 2.82. The summed E-state index contributed by atoms with van der Waals surface area (Å²) in [6, 6.07) is 8.03. The normalized spacial score (nSPS) is 26.5. The number of benzene rings is 1. The molecule has 1 aromatic carbocycles. The molecule has 0 spiro atoms. The predicted octanol–water partition coefficient (Wildman–Crippen LogP) is 3.22. The van der Waals surface area contributed by atoms with Gasteiger partial charge in [-0.05, 0) is 36.5 Å². The van der Waals surface area contributed by atoms with Gasteiger partial charge in [-0.2, -0.15) is 12.6 Å². The summed E-state index contributed by atoms with van der Waals surface area (Å²) in [6.45, 7) is 1.67. The lowest BCUT2D eigenvalue weighted by Gasteiger charge is -2.28. The topological polar surface area (TPSA) is 9.23 Å². The highest BCUT2D eigenvalue weighted by Crippen LogP contribution is 2.24. The summed E-state index contributed by atoms with van der Waals surface area (Å²) in [5, 5.41) is 1.26. The molecule has 2 atom stereocenters. The van der Waals surface area contributed by atoms with E-state index in [0.29, 0.717) is 11.2 Å². The Labute approximate surface area is 101 Å². The highest BCUT2D eigenvalue weighted by Gasteiger charge is 2.22. The minimum atomic E-state index is 0.456. The first-order valence-corrected chi connectivity index (χ1v) is 6.15. The molecule has 1 nitrogen and oxygen atoms in total. The van der Waals surface area contributed by atoms with Gasteiger partial charge in [-0.3, -0.25) is 0 Å². The molecule has 0 aromatic heterocycles. The first kappa shape index (κ1) is 11.3. The zero-order valence-electron chi connectivity index (χ0n) is 8.53. The molecule has 1 aliphatic heterocycles. The fourth-order valence-corrected chi connectivity index (χ4v) is 2.46. The quantitative estimate of drug-likeness (QED) is 0.784. The molecular formula is C12H15ClOS. The van der Waals surface area contributed by atoms with Crippen molar-refractivity contribution in [2.75, 3.05) is 13.2 Å². The summed E-state index contributed by atoms with van der Waals surface area (Å²) >= 11 is 10.5. The molecule has 1 fully saturated rings. The molecule has 0 amide bonds. The lowest BCUT2D eigenvalue weighted by Crippen LogP contribution is -2.29. The van der Waals surface area contributed by atoms with E-state index in [0.717, 1.165) is 31.1 Å². The van der Waals surface area contributed by atoms with Crippen molar-refractivity contribution in [1.29, 1.82) is 0 Å². The van der Waals surface area contributed by atoms with E-state index in [2.05, 4.69) is 18.7 Å². The lowest BCUT2D eigenvalue weighted by atomic mass is 9.94. The molecule has 0 aliphatic carbocycles. The standard InChI is InChI=1S/C12H15ClOS/c13-11-3-1-2-9(7-11)6-10-8-14-5-4-12(10)15/h1-3,7,10,12,15H,4-6,8H2/t10-,12+/m1/s1. The van der Waals surface area contributed by atoms with Gasteiger partial charge in [0.05, 0.1) is 6.61 Å². The van der Waals surface area contributed by atoms with Gasteiger partial charge in [0.25, 0.3) is 0 Å². The van der Waals surface area contributed by atoms with Crippen molar-refractivity contribution in [2.24, 2.45) is 5.92 Å². The van der Waals surface area contributed by atoms with E-state index in [4.69, 9.17) is 16.3 Å². The Morgan fingerprint density at radius 3 is 3.07 bits per heavy atom. The fourth-order valence-electron chi connectivity index (χ4n) is 1.95. The van der Waals surface area contributed by atoms with Gasteiger partial charge in [0.2, 0.25) is 0 Å². The van der Waals surface area contributed by atoms with Gasteiger partial charge in [-0.15, -0.1) is 0 Å². The first-order chi connectivity index (χ1) is 7.25. The Morgan fingerprint density at radius 2 is 2.33 bits per heavy atom. The molecule has 0 bridgehead atoms. The largest absolute Gasteiger partial charge is 0.381 e. The molecule has 1 aromatic rings. The van der Waals surface area contributed by atoms with Crippen LogP contribution in [0.1, 0.15) is 12.0 Å². The zero-order valence-corrected chi connectivity index (χ0v) is 10.2. The monoisotopic (exact) mass is 242 g/mol. The van der Waals surface area contributed by atoms with Gasteiger partial charge in [-0.25, -0.2) is 0 Å². The minimum absolute atomic E-state index is 0.456. The van der Waals surface area contributed by atoms with Gasteiger partial charge >= 0.3 is 0 Å². The van der Waals surface area contributed by atoms with Crippen molar-refractivity contribution in [3.05, 3.63) is 34.9 Å². The average molecular weight is 243 g/mol. The van der Waals surface area contributed by atoms with Gasteiger partial charge in [0, 0.05) is 16.9 Å². The molecule has 0 unspecified atom stereocenters. The van der Waals surface area contributed by atoms with E-state index >= 15 is 0 Å². The molecule has 0 saturated carbocycles. The maximum atomic E-state index is 5.95. The molecule has 1 heterocycles. The van der Waals surface area contributed by atoms with E-state index in [1.165, 1.54) is 5.56 Å². The van der Waals surface area contributed by atoms with E-state index in [1.54, 1.807) is 0 Å². The molecule has 2 rings (SSSR count). The van der Waals surface area contributed by atoms with E-state index in [-0.39, 0.29) is 0 Å². The maximum Gasteiger partial charge on any atom is 0.0507 e. The summed E-state index contributed by atoms with van der Waals surface area (Å²) in [7, 11) is 0. The Morgan fingerprint density at radius 1 is 1.47 bits per heavy atom. The Hall–Kier alpha value is -0.180. The second-order valence-corrected chi connectivity index (χ2v) is 5.12. The van der Waals surface area contributed by atoms with E-state index < -0.39 is 0 Å². The van der Waals surface area contributed by atoms with Crippen LogP contribution in [0.15, 0.2) is 24.3 Å². The van der Waals surface area contributed by atoms with Crippen LogP contribution in [0.2, 0.25) is 5.02 Å². The Bertz CT molecular complexity index is 329. The van der Waals surface area contributed by atoms with Crippen LogP contribution < -0.4 is 0 Å². The summed E-state index contributed by atoms with van der Waals surface area (Å²) in [6.07, 6.45) is 2.06. The van der Waals surface area contributed by atoms with E-state index in [1.807, 2.05) is 18.2 Å². The Kier molecular flexibility index (Phi) is 3.95. The number of ether oxygens (including phenoxy) is 1. The van der Waals surface area contributed by atoms with Gasteiger partial charge in [0.1, 0.15) is 0 Å². The van der Waals surface area contributed by atoms with Crippen molar-refractivity contribution < 1.29 is 4.74 Å². The maximum absolute atomic E-state index is 5.95. The number of rotatable bonds is 2. The average Bonchev–Trinajstić information content (AvgIpc) is 2.22. The SMILES string of the molecule is S[C@H]1CCOC[C@H]1Cc1cccc(Cl)c1. The van der Waals surface area contributed by atoms with Crippen LogP contribution in [0.5, 0.6) is 0 Å². The first-order valence-electron chi connectivity index (χ1n) is 5.26. The summed E-state index contributed by atoms with van der Waals surface area (Å²) in [5.74, 6) is 0.514. The summed E-state index contributed by atoms with van der Waals surface area (Å²) < 4.78 is 5.47.